The van der Waals surface area contributed by atoms with Crippen molar-refractivity contribution in [3.05, 3.63) is 46.1 Å². The molecule has 0 radical (unpaired) electrons. The van der Waals surface area contributed by atoms with Crippen molar-refractivity contribution in [2.75, 3.05) is 11.9 Å². The van der Waals surface area contributed by atoms with Gasteiger partial charge in [0.1, 0.15) is 0 Å². The molecular formula is C16H21BrN4S. The van der Waals surface area contributed by atoms with Gasteiger partial charge < -0.3 is 10.6 Å². The predicted octanol–water partition coefficient (Wildman–Crippen LogP) is 3.94. The summed E-state index contributed by atoms with van der Waals surface area (Å²) in [6, 6.07) is 8.45. The van der Waals surface area contributed by atoms with Gasteiger partial charge in [0.05, 0.1) is 11.0 Å². The van der Waals surface area contributed by atoms with Crippen LogP contribution in [-0.4, -0.2) is 21.4 Å². The first-order chi connectivity index (χ1) is 10.4. The summed E-state index contributed by atoms with van der Waals surface area (Å²) >= 11 is 8.79. The first-order valence-electron chi connectivity index (χ1n) is 7.27. The second-order valence-electron chi connectivity index (χ2n) is 5.74. The molecule has 22 heavy (non-hydrogen) atoms. The molecule has 6 heteroatoms. The Morgan fingerprint density at radius 2 is 2.00 bits per heavy atom. The number of aryl methyl sites for hydroxylation is 1. The number of aromatic nitrogens is 2. The minimum absolute atomic E-state index is 0.544. The van der Waals surface area contributed by atoms with Gasteiger partial charge in [0.25, 0.3) is 0 Å². The van der Waals surface area contributed by atoms with E-state index in [0.717, 1.165) is 23.4 Å². The smallest absolute Gasteiger partial charge is 0.172 e. The highest BCUT2D eigenvalue weighted by molar-refractivity contribution is 9.10. The Balaban J connectivity index is 1.98. The lowest BCUT2D eigenvalue weighted by Crippen LogP contribution is -2.31. The molecule has 0 aliphatic carbocycles. The Kier molecular flexibility index (Phi) is 5.97. The fourth-order valence-electron chi connectivity index (χ4n) is 1.89. The summed E-state index contributed by atoms with van der Waals surface area (Å²) in [7, 11) is 0. The number of thiocarbonyl (C=S) groups is 1. The molecule has 0 fully saturated rings. The molecule has 0 atom stereocenters. The third-order valence-corrected chi connectivity index (χ3v) is 3.91. The first kappa shape index (κ1) is 17.0. The largest absolute Gasteiger partial charge is 0.362 e. The maximum atomic E-state index is 5.28. The first-order valence-corrected chi connectivity index (χ1v) is 8.47. The van der Waals surface area contributed by atoms with Crippen LogP contribution in [0, 0.1) is 12.8 Å². The van der Waals surface area contributed by atoms with Crippen molar-refractivity contribution in [3.63, 3.8) is 0 Å². The quantitative estimate of drug-likeness (QED) is 0.770. The van der Waals surface area contributed by atoms with E-state index in [-0.39, 0.29) is 0 Å². The summed E-state index contributed by atoms with van der Waals surface area (Å²) in [5.41, 5.74) is 2.47. The fraction of sp³-hybridized carbons (Fsp3) is 0.375. The molecule has 0 aliphatic rings. The van der Waals surface area contributed by atoms with Crippen molar-refractivity contribution in [3.8, 4) is 0 Å². The Morgan fingerprint density at radius 1 is 1.32 bits per heavy atom. The van der Waals surface area contributed by atoms with E-state index in [1.807, 2.05) is 10.9 Å². The maximum absolute atomic E-state index is 5.28. The number of rotatable bonds is 5. The number of hydrogen-bond acceptors (Lipinski definition) is 2. The summed E-state index contributed by atoms with van der Waals surface area (Å²) in [4.78, 5) is 0. The molecular weight excluding hydrogens is 360 g/mol. The Morgan fingerprint density at radius 3 is 2.64 bits per heavy atom. The zero-order chi connectivity index (χ0) is 16.1. The number of anilines is 1. The zero-order valence-electron chi connectivity index (χ0n) is 13.1. The summed E-state index contributed by atoms with van der Waals surface area (Å²) in [6.07, 6.45) is 1.95. The molecule has 1 heterocycles. The van der Waals surface area contributed by atoms with E-state index in [4.69, 9.17) is 12.2 Å². The Labute approximate surface area is 145 Å². The normalized spacial score (nSPS) is 10.8. The van der Waals surface area contributed by atoms with Crippen LogP contribution in [0.4, 0.5) is 5.82 Å². The van der Waals surface area contributed by atoms with Gasteiger partial charge in [-0.1, -0.05) is 43.7 Å². The topological polar surface area (TPSA) is 41.9 Å². The maximum Gasteiger partial charge on any atom is 0.172 e. The highest BCUT2D eigenvalue weighted by Crippen LogP contribution is 2.20. The number of benzene rings is 1. The van der Waals surface area contributed by atoms with Gasteiger partial charge in [-0.05, 0) is 46.6 Å². The van der Waals surface area contributed by atoms with E-state index < -0.39 is 0 Å². The highest BCUT2D eigenvalue weighted by atomic mass is 79.9. The van der Waals surface area contributed by atoms with Crippen LogP contribution >= 0.6 is 28.1 Å². The molecule has 0 bridgehead atoms. The van der Waals surface area contributed by atoms with Crippen LogP contribution < -0.4 is 10.6 Å². The summed E-state index contributed by atoms with van der Waals surface area (Å²) in [5, 5.41) is 11.4. The minimum atomic E-state index is 0.544. The van der Waals surface area contributed by atoms with Crippen molar-refractivity contribution < 1.29 is 0 Å². The van der Waals surface area contributed by atoms with Gasteiger partial charge in [0, 0.05) is 12.7 Å². The summed E-state index contributed by atoms with van der Waals surface area (Å²) in [6.45, 7) is 7.94. The second kappa shape index (κ2) is 7.74. The molecule has 0 unspecified atom stereocenters. The summed E-state index contributed by atoms with van der Waals surface area (Å²) in [5.74, 6) is 1.27. The Hall–Kier alpha value is -1.40. The molecule has 1 aromatic heterocycles. The number of nitrogens with zero attached hydrogens (tertiary/aromatic N) is 2. The molecule has 0 amide bonds. The fourth-order valence-corrected chi connectivity index (χ4v) is 2.49. The van der Waals surface area contributed by atoms with Gasteiger partial charge in [0.2, 0.25) is 0 Å². The molecule has 1 aromatic carbocycles. The van der Waals surface area contributed by atoms with Gasteiger partial charge in [-0.15, -0.1) is 0 Å². The standard InChI is InChI=1S/C16H21BrN4S/c1-11(2)8-18-16(22)19-15-14(17)10-21(20-15)9-13-6-4-12(3)5-7-13/h4-7,10-11H,8-9H2,1-3H3,(H2,18,19,20,22). The van der Waals surface area contributed by atoms with Gasteiger partial charge in [0.15, 0.2) is 10.9 Å². The molecule has 118 valence electrons. The van der Waals surface area contributed by atoms with Crippen LogP contribution in [0.15, 0.2) is 34.9 Å². The second-order valence-corrected chi connectivity index (χ2v) is 7.00. The molecule has 2 N–H and O–H groups in total. The average Bonchev–Trinajstić information content (AvgIpc) is 2.79. The van der Waals surface area contributed by atoms with E-state index in [9.17, 15) is 0 Å². The number of halogens is 1. The average molecular weight is 381 g/mol. The van der Waals surface area contributed by atoms with Gasteiger partial charge in [-0.3, -0.25) is 4.68 Å². The number of nitrogens with one attached hydrogen (secondary N) is 2. The van der Waals surface area contributed by atoms with Crippen molar-refractivity contribution in [2.24, 2.45) is 5.92 Å². The summed E-state index contributed by atoms with van der Waals surface area (Å²) < 4.78 is 2.79. The third-order valence-electron chi connectivity index (χ3n) is 3.09. The van der Waals surface area contributed by atoms with Gasteiger partial charge in [-0.2, -0.15) is 5.10 Å². The SMILES string of the molecule is Cc1ccc(Cn2cc(Br)c(NC(=S)NCC(C)C)n2)cc1. The molecule has 0 aliphatic heterocycles. The third kappa shape index (κ3) is 5.10. The van der Waals surface area contributed by atoms with Crippen molar-refractivity contribution in [1.82, 2.24) is 15.1 Å². The van der Waals surface area contributed by atoms with Crippen LogP contribution in [-0.2, 0) is 6.54 Å². The molecule has 0 saturated carbocycles. The Bertz CT molecular complexity index is 634. The van der Waals surface area contributed by atoms with Crippen LogP contribution in [0.1, 0.15) is 25.0 Å². The zero-order valence-corrected chi connectivity index (χ0v) is 15.5. The lowest BCUT2D eigenvalue weighted by atomic mass is 10.1. The van der Waals surface area contributed by atoms with Crippen molar-refractivity contribution in [2.45, 2.75) is 27.3 Å². The van der Waals surface area contributed by atoms with Gasteiger partial charge >= 0.3 is 0 Å². The van der Waals surface area contributed by atoms with Crippen molar-refractivity contribution in [1.29, 1.82) is 0 Å². The lowest BCUT2D eigenvalue weighted by Gasteiger charge is -2.10. The highest BCUT2D eigenvalue weighted by Gasteiger charge is 2.08. The van der Waals surface area contributed by atoms with Crippen molar-refractivity contribution >= 4 is 39.1 Å². The van der Waals surface area contributed by atoms with E-state index in [1.54, 1.807) is 0 Å². The van der Waals surface area contributed by atoms with Crippen LogP contribution in [0.2, 0.25) is 0 Å². The van der Waals surface area contributed by atoms with Crippen LogP contribution in [0.3, 0.4) is 0 Å². The molecule has 2 aromatic rings. The van der Waals surface area contributed by atoms with Gasteiger partial charge in [-0.25, -0.2) is 0 Å². The number of hydrogen-bond donors (Lipinski definition) is 2. The van der Waals surface area contributed by atoms with Crippen LogP contribution in [0.5, 0.6) is 0 Å². The molecule has 0 spiro atoms. The van der Waals surface area contributed by atoms with E-state index >= 15 is 0 Å². The van der Waals surface area contributed by atoms with E-state index in [1.165, 1.54) is 11.1 Å². The molecule has 4 nitrogen and oxygen atoms in total. The lowest BCUT2D eigenvalue weighted by molar-refractivity contribution is 0.627. The molecule has 0 saturated heterocycles. The van der Waals surface area contributed by atoms with Crippen LogP contribution in [0.25, 0.3) is 0 Å². The monoisotopic (exact) mass is 380 g/mol. The molecule has 2 rings (SSSR count). The minimum Gasteiger partial charge on any atom is -0.362 e. The van der Waals surface area contributed by atoms with E-state index in [0.29, 0.717) is 11.0 Å². The predicted molar refractivity (Wildman–Crippen MR) is 99.3 cm³/mol. The van der Waals surface area contributed by atoms with E-state index in [2.05, 4.69) is 76.7 Å².